The fourth-order valence-electron chi connectivity index (χ4n) is 3.49. The summed E-state index contributed by atoms with van der Waals surface area (Å²) in [5.41, 5.74) is 3.30. The average Bonchev–Trinajstić information content (AvgIpc) is 3.16. The molecule has 0 aliphatic heterocycles. The summed E-state index contributed by atoms with van der Waals surface area (Å²) in [6.07, 6.45) is 0.780. The van der Waals surface area contributed by atoms with E-state index in [1.807, 2.05) is 31.2 Å². The molecule has 0 saturated heterocycles. The van der Waals surface area contributed by atoms with Crippen LogP contribution >= 0.6 is 11.3 Å². The van der Waals surface area contributed by atoms with Crippen molar-refractivity contribution >= 4 is 38.2 Å². The van der Waals surface area contributed by atoms with Gasteiger partial charge in [-0.2, -0.15) is 0 Å². The lowest BCUT2D eigenvalue weighted by molar-refractivity contribution is 0.0958. The number of hydrogen-bond acceptors (Lipinski definition) is 3. The van der Waals surface area contributed by atoms with Crippen molar-refractivity contribution in [3.8, 4) is 0 Å². The maximum atomic E-state index is 12.9. The van der Waals surface area contributed by atoms with Crippen LogP contribution in [0, 0.1) is 6.92 Å². The fourth-order valence-corrected chi connectivity index (χ4v) is 4.59. The highest BCUT2D eigenvalue weighted by molar-refractivity contribution is 7.21. The minimum Gasteiger partial charge on any atom is -0.351 e. The zero-order chi connectivity index (χ0) is 19.7. The van der Waals surface area contributed by atoms with Gasteiger partial charge < -0.3 is 9.88 Å². The van der Waals surface area contributed by atoms with E-state index in [9.17, 15) is 9.59 Å². The van der Waals surface area contributed by atoms with E-state index in [4.69, 9.17) is 0 Å². The zero-order valence-electron chi connectivity index (χ0n) is 16.0. The first-order valence-electron chi connectivity index (χ1n) is 9.47. The molecule has 0 atom stereocenters. The van der Waals surface area contributed by atoms with Crippen LogP contribution in [-0.4, -0.2) is 17.0 Å². The van der Waals surface area contributed by atoms with Crippen molar-refractivity contribution in [2.24, 2.45) is 0 Å². The Morgan fingerprint density at radius 1 is 1.07 bits per heavy atom. The molecular weight excluding hydrogens is 368 g/mol. The van der Waals surface area contributed by atoms with Gasteiger partial charge in [-0.3, -0.25) is 9.59 Å². The van der Waals surface area contributed by atoms with Crippen molar-refractivity contribution < 1.29 is 4.79 Å². The van der Waals surface area contributed by atoms with Crippen LogP contribution in [0.1, 0.15) is 27.7 Å². The maximum absolute atomic E-state index is 12.9. The summed E-state index contributed by atoms with van der Waals surface area (Å²) < 4.78 is 2.65. The van der Waals surface area contributed by atoms with Crippen LogP contribution < -0.4 is 10.9 Å². The third-order valence-electron chi connectivity index (χ3n) is 5.01. The van der Waals surface area contributed by atoms with E-state index < -0.39 is 0 Å². The highest BCUT2D eigenvalue weighted by Gasteiger charge is 2.16. The second-order valence-corrected chi connectivity index (χ2v) is 7.96. The Balaban J connectivity index is 1.61. The van der Waals surface area contributed by atoms with Crippen molar-refractivity contribution in [3.05, 3.63) is 81.0 Å². The number of aryl methyl sites for hydroxylation is 2. The van der Waals surface area contributed by atoms with E-state index in [1.54, 1.807) is 10.6 Å². The Morgan fingerprint density at radius 3 is 2.57 bits per heavy atom. The molecule has 2 aromatic heterocycles. The summed E-state index contributed by atoms with van der Waals surface area (Å²) in [5, 5.41) is 4.62. The molecule has 1 N–H and O–H groups in total. The van der Waals surface area contributed by atoms with E-state index in [2.05, 4.69) is 36.5 Å². The second kappa shape index (κ2) is 7.60. The lowest BCUT2D eigenvalue weighted by Crippen LogP contribution is -2.24. The SMILES string of the molecule is CCn1c(=O)c2cc(C(=O)NCCc3ccc(C)cc3)sc2c2ccccc21. The highest BCUT2D eigenvalue weighted by Crippen LogP contribution is 2.30. The molecule has 4 nitrogen and oxygen atoms in total. The van der Waals surface area contributed by atoms with Crippen molar-refractivity contribution in [3.63, 3.8) is 0 Å². The molecule has 28 heavy (non-hydrogen) atoms. The Kier molecular flexibility index (Phi) is 5.01. The molecule has 5 heteroatoms. The summed E-state index contributed by atoms with van der Waals surface area (Å²) in [7, 11) is 0. The normalized spacial score (nSPS) is 11.2. The van der Waals surface area contributed by atoms with Crippen LogP contribution in [0.15, 0.2) is 59.4 Å². The molecular formula is C23H22N2O2S. The summed E-state index contributed by atoms with van der Waals surface area (Å²) in [6, 6.07) is 17.9. The predicted octanol–water partition coefficient (Wildman–Crippen LogP) is 4.52. The van der Waals surface area contributed by atoms with Crippen LogP contribution in [0.5, 0.6) is 0 Å². The molecule has 0 saturated carbocycles. The molecule has 2 aromatic carbocycles. The van der Waals surface area contributed by atoms with Crippen molar-refractivity contribution in [1.82, 2.24) is 9.88 Å². The van der Waals surface area contributed by atoms with E-state index in [0.29, 0.717) is 23.4 Å². The molecule has 1 amide bonds. The summed E-state index contributed by atoms with van der Waals surface area (Å²) in [4.78, 5) is 26.1. The van der Waals surface area contributed by atoms with Gasteiger partial charge in [-0.1, -0.05) is 48.0 Å². The van der Waals surface area contributed by atoms with Gasteiger partial charge in [0.25, 0.3) is 11.5 Å². The Labute approximate surface area is 167 Å². The summed E-state index contributed by atoms with van der Waals surface area (Å²) in [5.74, 6) is -0.125. The number of carbonyl (C=O) groups is 1. The van der Waals surface area contributed by atoms with Gasteiger partial charge in [0.15, 0.2) is 0 Å². The van der Waals surface area contributed by atoms with E-state index >= 15 is 0 Å². The van der Waals surface area contributed by atoms with Gasteiger partial charge in [-0.05, 0) is 38.0 Å². The molecule has 0 unspecified atom stereocenters. The molecule has 0 radical (unpaired) electrons. The van der Waals surface area contributed by atoms with Gasteiger partial charge in [0.05, 0.1) is 15.8 Å². The third kappa shape index (κ3) is 3.34. The number of nitrogens with zero attached hydrogens (tertiary/aromatic N) is 1. The number of pyridine rings is 1. The number of thiophene rings is 1. The van der Waals surface area contributed by atoms with E-state index in [1.165, 1.54) is 22.5 Å². The molecule has 0 bridgehead atoms. The van der Waals surface area contributed by atoms with Crippen LogP contribution in [0.3, 0.4) is 0 Å². The maximum Gasteiger partial charge on any atom is 0.261 e. The monoisotopic (exact) mass is 390 g/mol. The number of hydrogen-bond donors (Lipinski definition) is 1. The number of benzene rings is 2. The van der Waals surface area contributed by atoms with Crippen molar-refractivity contribution in [2.45, 2.75) is 26.8 Å². The first kappa shape index (κ1) is 18.4. The Morgan fingerprint density at radius 2 is 1.82 bits per heavy atom. The quantitative estimate of drug-likeness (QED) is 0.545. The molecule has 2 heterocycles. The number of fused-ring (bicyclic) bond motifs is 3. The molecule has 0 aliphatic rings. The lowest BCUT2D eigenvalue weighted by atomic mass is 10.1. The second-order valence-electron chi connectivity index (χ2n) is 6.91. The average molecular weight is 391 g/mol. The first-order chi connectivity index (χ1) is 13.6. The Bertz CT molecular complexity index is 1220. The summed E-state index contributed by atoms with van der Waals surface area (Å²) >= 11 is 1.39. The molecule has 4 rings (SSSR count). The van der Waals surface area contributed by atoms with E-state index in [0.717, 1.165) is 22.0 Å². The van der Waals surface area contributed by atoms with Gasteiger partial charge >= 0.3 is 0 Å². The number of aromatic nitrogens is 1. The molecule has 0 fully saturated rings. The molecule has 0 spiro atoms. The van der Waals surface area contributed by atoms with Crippen molar-refractivity contribution in [2.75, 3.05) is 6.54 Å². The highest BCUT2D eigenvalue weighted by atomic mass is 32.1. The zero-order valence-corrected chi connectivity index (χ0v) is 16.8. The minimum absolute atomic E-state index is 0.0360. The van der Waals surface area contributed by atoms with Gasteiger partial charge in [0.1, 0.15) is 0 Å². The molecule has 0 aliphatic carbocycles. The van der Waals surface area contributed by atoms with Crippen LogP contribution in [-0.2, 0) is 13.0 Å². The fraction of sp³-hybridized carbons (Fsp3) is 0.217. The smallest absolute Gasteiger partial charge is 0.261 e. The van der Waals surface area contributed by atoms with Crippen molar-refractivity contribution in [1.29, 1.82) is 0 Å². The third-order valence-corrected chi connectivity index (χ3v) is 6.17. The topological polar surface area (TPSA) is 51.1 Å². The largest absolute Gasteiger partial charge is 0.351 e. The van der Waals surface area contributed by atoms with E-state index in [-0.39, 0.29) is 11.5 Å². The standard InChI is InChI=1S/C23H22N2O2S/c1-3-25-19-7-5-4-6-17(19)21-18(23(25)27)14-20(28-21)22(26)24-13-12-16-10-8-15(2)9-11-16/h4-11,14H,3,12-13H2,1-2H3,(H,24,26). The lowest BCUT2D eigenvalue weighted by Gasteiger charge is -2.08. The minimum atomic E-state index is -0.125. The van der Waals surface area contributed by atoms with Crippen LogP contribution in [0.4, 0.5) is 0 Å². The van der Waals surface area contributed by atoms with Crippen LogP contribution in [0.25, 0.3) is 21.0 Å². The molecule has 4 aromatic rings. The number of para-hydroxylation sites is 1. The molecule has 142 valence electrons. The van der Waals surface area contributed by atoms with Gasteiger partial charge in [0.2, 0.25) is 0 Å². The number of rotatable bonds is 5. The van der Waals surface area contributed by atoms with Crippen LogP contribution in [0.2, 0.25) is 0 Å². The summed E-state index contributed by atoms with van der Waals surface area (Å²) in [6.45, 7) is 5.19. The predicted molar refractivity (Wildman–Crippen MR) is 116 cm³/mol. The first-order valence-corrected chi connectivity index (χ1v) is 10.3. The number of carbonyl (C=O) groups excluding carboxylic acids is 1. The van der Waals surface area contributed by atoms with Gasteiger partial charge in [-0.25, -0.2) is 0 Å². The number of amides is 1. The number of nitrogens with one attached hydrogen (secondary N) is 1. The van der Waals surface area contributed by atoms with Gasteiger partial charge in [0, 0.05) is 23.2 Å². The Hall–Kier alpha value is -2.92. The van der Waals surface area contributed by atoms with Gasteiger partial charge in [-0.15, -0.1) is 11.3 Å².